The Kier molecular flexibility index (Phi) is 5.65. The van der Waals surface area contributed by atoms with E-state index in [9.17, 15) is 0 Å². The second kappa shape index (κ2) is 8.11. The number of hydrogen-bond acceptors (Lipinski definition) is 7. The van der Waals surface area contributed by atoms with Gasteiger partial charge in [-0.25, -0.2) is 14.6 Å². The van der Waals surface area contributed by atoms with E-state index >= 15 is 0 Å². The average Bonchev–Trinajstić information content (AvgIpc) is 2.95. The molecule has 0 unspecified atom stereocenters. The molecule has 3 rings (SSSR count). The number of allylic oxidation sites excluding steroid dienone is 1. The summed E-state index contributed by atoms with van der Waals surface area (Å²) in [5.41, 5.74) is 8.58. The molecule has 0 spiro atoms. The van der Waals surface area contributed by atoms with E-state index in [0.717, 1.165) is 54.6 Å². The highest BCUT2D eigenvalue weighted by atomic mass is 15.3. The number of rotatable bonds is 6. The van der Waals surface area contributed by atoms with Crippen molar-refractivity contribution in [1.82, 2.24) is 30.4 Å². The zero-order valence-electron chi connectivity index (χ0n) is 14.7. The minimum absolute atomic E-state index is 0.449. The Balaban J connectivity index is 1.96. The maximum atomic E-state index is 6.12. The molecule has 1 saturated heterocycles. The Labute approximate surface area is 148 Å². The van der Waals surface area contributed by atoms with Crippen LogP contribution in [0.2, 0.25) is 0 Å². The van der Waals surface area contributed by atoms with E-state index in [1.807, 2.05) is 25.2 Å². The molecule has 1 radical (unpaired) electrons. The molecule has 1 aliphatic rings. The van der Waals surface area contributed by atoms with Gasteiger partial charge in [0.1, 0.15) is 12.1 Å². The van der Waals surface area contributed by atoms with Gasteiger partial charge in [-0.1, -0.05) is 0 Å². The Morgan fingerprint density at radius 2 is 2.28 bits per heavy atom. The summed E-state index contributed by atoms with van der Waals surface area (Å²) < 4.78 is 1.97. The van der Waals surface area contributed by atoms with Gasteiger partial charge in [0.15, 0.2) is 5.65 Å². The molecule has 0 bridgehead atoms. The van der Waals surface area contributed by atoms with E-state index in [2.05, 4.69) is 25.6 Å². The first kappa shape index (κ1) is 17.4. The van der Waals surface area contributed by atoms with Gasteiger partial charge in [0.2, 0.25) is 7.28 Å². The molecule has 0 atom stereocenters. The number of nitrogens with two attached hydrogens (primary N) is 1. The average molecular weight is 339 g/mol. The first-order chi connectivity index (χ1) is 12.2. The van der Waals surface area contributed by atoms with E-state index in [0.29, 0.717) is 11.7 Å². The van der Waals surface area contributed by atoms with Gasteiger partial charge in [-0.3, -0.25) is 4.99 Å². The van der Waals surface area contributed by atoms with E-state index in [4.69, 9.17) is 10.8 Å². The number of anilines is 1. The predicted molar refractivity (Wildman–Crippen MR) is 102 cm³/mol. The molecule has 1 aliphatic heterocycles. The Hall–Kier alpha value is -2.42. The highest BCUT2D eigenvalue weighted by Gasteiger charge is 2.20. The van der Waals surface area contributed by atoms with Crippen LogP contribution in [0.3, 0.4) is 0 Å². The van der Waals surface area contributed by atoms with E-state index in [-0.39, 0.29) is 0 Å². The zero-order chi connectivity index (χ0) is 17.6. The summed E-state index contributed by atoms with van der Waals surface area (Å²) in [5.74, 6) is 1.04. The van der Waals surface area contributed by atoms with Gasteiger partial charge in [-0.05, 0) is 43.5 Å². The fourth-order valence-corrected chi connectivity index (χ4v) is 3.19. The van der Waals surface area contributed by atoms with Crippen LogP contribution in [-0.4, -0.2) is 60.4 Å². The summed E-state index contributed by atoms with van der Waals surface area (Å²) in [5, 5.41) is 12.0. The first-order valence-corrected chi connectivity index (χ1v) is 8.55. The van der Waals surface area contributed by atoms with Crippen LogP contribution >= 0.6 is 0 Å². The van der Waals surface area contributed by atoms with Crippen molar-refractivity contribution >= 4 is 35.9 Å². The van der Waals surface area contributed by atoms with Gasteiger partial charge in [0.25, 0.3) is 0 Å². The number of aliphatic imine (C=N–C) groups is 1. The van der Waals surface area contributed by atoms with Crippen molar-refractivity contribution in [3.63, 3.8) is 0 Å². The molecule has 1 fully saturated rings. The minimum Gasteiger partial charge on any atom is -0.394 e. The third-order valence-electron chi connectivity index (χ3n) is 4.37. The van der Waals surface area contributed by atoms with Crippen molar-refractivity contribution < 1.29 is 0 Å². The molecule has 9 heteroatoms. The van der Waals surface area contributed by atoms with Crippen molar-refractivity contribution in [2.75, 3.05) is 32.9 Å². The standard InChI is InChI=1S/C16H24BN8/c1-19-7-12(8-20-2)17-14-13-15(18)22-10-23-16(13)25(24-14)9-11-3-5-21-6-4-11/h7-8,10-11,19,21H,3-6,9H2,1-2H3,(H2,18,22,23)/b12-7+,20-8?. The van der Waals surface area contributed by atoms with E-state index in [1.54, 1.807) is 13.3 Å². The predicted octanol–water partition coefficient (Wildman–Crippen LogP) is -0.501. The topological polar surface area (TPSA) is 106 Å². The lowest BCUT2D eigenvalue weighted by atomic mass is 9.66. The first-order valence-electron chi connectivity index (χ1n) is 8.55. The van der Waals surface area contributed by atoms with Crippen molar-refractivity contribution in [3.8, 4) is 0 Å². The maximum Gasteiger partial charge on any atom is 0.224 e. The molecule has 0 aromatic carbocycles. The maximum absolute atomic E-state index is 6.12. The molecule has 3 heterocycles. The zero-order valence-corrected chi connectivity index (χ0v) is 14.7. The summed E-state index contributed by atoms with van der Waals surface area (Å²) in [7, 11) is 5.54. The molecule has 8 nitrogen and oxygen atoms in total. The van der Waals surface area contributed by atoms with Gasteiger partial charge in [-0.2, -0.15) is 5.10 Å². The van der Waals surface area contributed by atoms with Gasteiger partial charge < -0.3 is 16.4 Å². The van der Waals surface area contributed by atoms with Crippen LogP contribution in [0.25, 0.3) is 11.0 Å². The van der Waals surface area contributed by atoms with Crippen molar-refractivity contribution in [3.05, 3.63) is 18.0 Å². The second-order valence-corrected chi connectivity index (χ2v) is 6.18. The number of hydrogen-bond donors (Lipinski definition) is 3. The van der Waals surface area contributed by atoms with Crippen molar-refractivity contribution in [2.24, 2.45) is 10.9 Å². The van der Waals surface area contributed by atoms with Crippen LogP contribution in [-0.2, 0) is 6.54 Å². The summed E-state index contributed by atoms with van der Waals surface area (Å²) in [6.07, 6.45) is 7.43. The molecular weight excluding hydrogens is 315 g/mol. The van der Waals surface area contributed by atoms with Gasteiger partial charge in [-0.15, -0.1) is 0 Å². The third kappa shape index (κ3) is 3.98. The second-order valence-electron chi connectivity index (χ2n) is 6.18. The van der Waals surface area contributed by atoms with E-state index < -0.39 is 0 Å². The molecule has 0 amide bonds. The van der Waals surface area contributed by atoms with Crippen molar-refractivity contribution in [2.45, 2.75) is 19.4 Å². The number of fused-ring (bicyclic) bond motifs is 1. The minimum atomic E-state index is 0.449. The quantitative estimate of drug-likeness (QED) is 0.484. The van der Waals surface area contributed by atoms with Gasteiger partial charge in [0, 0.05) is 32.4 Å². The Morgan fingerprint density at radius 1 is 1.48 bits per heavy atom. The molecule has 131 valence electrons. The Morgan fingerprint density at radius 3 is 3.00 bits per heavy atom. The lowest BCUT2D eigenvalue weighted by Crippen LogP contribution is -2.30. The molecule has 25 heavy (non-hydrogen) atoms. The summed E-state index contributed by atoms with van der Waals surface area (Å²) in [6, 6.07) is 0. The lowest BCUT2D eigenvalue weighted by molar-refractivity contribution is 0.325. The van der Waals surface area contributed by atoms with Crippen molar-refractivity contribution in [1.29, 1.82) is 0 Å². The van der Waals surface area contributed by atoms with E-state index in [1.165, 1.54) is 6.33 Å². The van der Waals surface area contributed by atoms with Crippen LogP contribution in [0.5, 0.6) is 0 Å². The van der Waals surface area contributed by atoms with Gasteiger partial charge in [0.05, 0.1) is 5.39 Å². The number of nitrogen functional groups attached to an aromatic ring is 1. The smallest absolute Gasteiger partial charge is 0.224 e. The van der Waals surface area contributed by atoms with Gasteiger partial charge >= 0.3 is 0 Å². The van der Waals surface area contributed by atoms with Crippen LogP contribution in [0.15, 0.2) is 23.0 Å². The normalized spacial score (nSPS) is 16.6. The summed E-state index contributed by atoms with van der Waals surface area (Å²) in [6.45, 7) is 2.96. The van der Waals surface area contributed by atoms with Crippen LogP contribution < -0.4 is 22.0 Å². The monoisotopic (exact) mass is 339 g/mol. The lowest BCUT2D eigenvalue weighted by Gasteiger charge is -2.22. The molecular formula is C16H24BN8. The highest BCUT2D eigenvalue weighted by molar-refractivity contribution is 6.67. The number of aromatic nitrogens is 4. The molecule has 4 N–H and O–H groups in total. The molecule has 0 saturated carbocycles. The fraction of sp³-hybridized carbons (Fsp3) is 0.500. The largest absolute Gasteiger partial charge is 0.394 e. The highest BCUT2D eigenvalue weighted by Crippen LogP contribution is 2.19. The SMILES string of the molecule is CN=C/C([B]c1nn(CC2CCNCC2)c2ncnc(N)c12)=C\NC. The van der Waals surface area contributed by atoms with Crippen LogP contribution in [0.4, 0.5) is 5.82 Å². The molecule has 2 aromatic heterocycles. The van der Waals surface area contributed by atoms with Crippen LogP contribution in [0, 0.1) is 5.92 Å². The number of nitrogens with zero attached hydrogens (tertiary/aromatic N) is 5. The molecule has 0 aliphatic carbocycles. The number of nitrogens with one attached hydrogen (secondary N) is 2. The summed E-state index contributed by atoms with van der Waals surface area (Å²) >= 11 is 0. The fourth-order valence-electron chi connectivity index (χ4n) is 3.19. The third-order valence-corrected chi connectivity index (χ3v) is 4.37. The van der Waals surface area contributed by atoms with Crippen LogP contribution in [0.1, 0.15) is 12.8 Å². The number of piperidine rings is 1. The summed E-state index contributed by atoms with van der Waals surface area (Å²) in [4.78, 5) is 12.7. The molecule has 2 aromatic rings. The Bertz CT molecular complexity index is 776.